The Morgan fingerprint density at radius 3 is 2.59 bits per heavy atom. The maximum absolute atomic E-state index is 12.9. The van der Waals surface area contributed by atoms with Crippen molar-refractivity contribution in [1.29, 1.82) is 0 Å². The van der Waals surface area contributed by atoms with Crippen LogP contribution in [0.15, 0.2) is 54.6 Å². The molecule has 0 saturated carbocycles. The number of unbranched alkanes of at least 4 members (excludes halogenated alkanes) is 1. The Morgan fingerprint density at radius 1 is 1.14 bits per heavy atom. The van der Waals surface area contributed by atoms with Gasteiger partial charge in [0.1, 0.15) is 11.8 Å². The molecule has 0 spiro atoms. The van der Waals surface area contributed by atoms with E-state index >= 15 is 0 Å². The second-order valence-electron chi connectivity index (χ2n) is 6.89. The fourth-order valence-electron chi connectivity index (χ4n) is 2.89. The minimum Gasteiger partial charge on any atom is -0.484 e. The summed E-state index contributed by atoms with van der Waals surface area (Å²) in [5.74, 6) is 0.135. The predicted octanol–water partition coefficient (Wildman–Crippen LogP) is 4.09. The van der Waals surface area contributed by atoms with Crippen LogP contribution in [0.1, 0.15) is 32.3 Å². The van der Waals surface area contributed by atoms with Crippen molar-refractivity contribution in [1.82, 2.24) is 10.2 Å². The lowest BCUT2D eigenvalue weighted by molar-refractivity contribution is -0.141. The largest absolute Gasteiger partial charge is 0.484 e. The highest BCUT2D eigenvalue weighted by Gasteiger charge is 2.25. The molecule has 5 nitrogen and oxygen atoms in total. The second kappa shape index (κ2) is 12.1. The summed E-state index contributed by atoms with van der Waals surface area (Å²) >= 11 is 5.96. The number of hydrogen-bond donors (Lipinski definition) is 1. The van der Waals surface area contributed by atoms with Gasteiger partial charge in [0.2, 0.25) is 5.91 Å². The number of amides is 2. The van der Waals surface area contributed by atoms with E-state index in [1.165, 1.54) is 0 Å². The van der Waals surface area contributed by atoms with E-state index in [9.17, 15) is 9.59 Å². The maximum atomic E-state index is 12.9. The molecule has 0 bridgehead atoms. The second-order valence-corrected chi connectivity index (χ2v) is 7.33. The van der Waals surface area contributed by atoms with Gasteiger partial charge in [-0.25, -0.2) is 0 Å². The molecule has 2 aromatic carbocycles. The van der Waals surface area contributed by atoms with Crippen LogP contribution in [-0.4, -0.2) is 42.5 Å². The van der Waals surface area contributed by atoms with Crippen LogP contribution >= 0.6 is 11.6 Å². The van der Waals surface area contributed by atoms with E-state index in [0.29, 0.717) is 30.3 Å². The van der Waals surface area contributed by atoms with Gasteiger partial charge in [0.25, 0.3) is 5.91 Å². The number of ether oxygens (including phenoxy) is 1. The Hall–Kier alpha value is -2.53. The average molecular weight is 417 g/mol. The topological polar surface area (TPSA) is 58.6 Å². The molecule has 0 heterocycles. The highest BCUT2D eigenvalue weighted by atomic mass is 35.5. The Labute approximate surface area is 178 Å². The van der Waals surface area contributed by atoms with E-state index in [-0.39, 0.29) is 18.4 Å². The van der Waals surface area contributed by atoms with Gasteiger partial charge in [-0.05, 0) is 43.5 Å². The Morgan fingerprint density at radius 2 is 1.90 bits per heavy atom. The molecule has 0 saturated heterocycles. The zero-order chi connectivity index (χ0) is 21.1. The molecule has 0 unspecified atom stereocenters. The number of carbonyl (C=O) groups excluding carboxylic acids is 2. The van der Waals surface area contributed by atoms with Crippen LogP contribution < -0.4 is 10.1 Å². The van der Waals surface area contributed by atoms with Gasteiger partial charge in [-0.15, -0.1) is 0 Å². The highest BCUT2D eigenvalue weighted by Crippen LogP contribution is 2.17. The van der Waals surface area contributed by atoms with Gasteiger partial charge >= 0.3 is 0 Å². The Bertz CT molecular complexity index is 783. The molecule has 0 aliphatic carbocycles. The number of nitrogens with zero attached hydrogens (tertiary/aromatic N) is 1. The standard InChI is InChI=1S/C23H29ClN2O3/c1-3-4-14-25-23(28)18(2)26(15-13-19-9-6-5-7-10-19)22(27)17-29-21-12-8-11-20(24)16-21/h5-12,16,18H,3-4,13-15,17H2,1-2H3,(H,25,28)/t18-/m1/s1. The predicted molar refractivity (Wildman–Crippen MR) is 116 cm³/mol. The van der Waals surface area contributed by atoms with Crippen molar-refractivity contribution < 1.29 is 14.3 Å². The zero-order valence-electron chi connectivity index (χ0n) is 17.1. The number of benzene rings is 2. The SMILES string of the molecule is CCCCNC(=O)[C@@H](C)N(CCc1ccccc1)C(=O)COc1cccc(Cl)c1. The minimum atomic E-state index is -0.578. The molecule has 1 atom stereocenters. The van der Waals surface area contributed by atoms with Gasteiger partial charge < -0.3 is 15.0 Å². The molecule has 2 rings (SSSR count). The van der Waals surface area contributed by atoms with Crippen molar-refractivity contribution >= 4 is 23.4 Å². The molecule has 0 aliphatic rings. The first-order valence-corrected chi connectivity index (χ1v) is 10.4. The third-order valence-electron chi connectivity index (χ3n) is 4.64. The first kappa shape index (κ1) is 22.8. The van der Waals surface area contributed by atoms with Gasteiger partial charge in [-0.2, -0.15) is 0 Å². The van der Waals surface area contributed by atoms with E-state index in [1.807, 2.05) is 30.3 Å². The van der Waals surface area contributed by atoms with Crippen molar-refractivity contribution in [2.24, 2.45) is 0 Å². The van der Waals surface area contributed by atoms with Crippen LogP contribution in [0.4, 0.5) is 0 Å². The number of nitrogens with one attached hydrogen (secondary N) is 1. The molecule has 0 fully saturated rings. The van der Waals surface area contributed by atoms with Gasteiger partial charge in [0, 0.05) is 18.1 Å². The van der Waals surface area contributed by atoms with Gasteiger partial charge in [0.05, 0.1) is 0 Å². The van der Waals surface area contributed by atoms with Crippen molar-refractivity contribution in [3.05, 3.63) is 65.2 Å². The van der Waals surface area contributed by atoms with Gasteiger partial charge in [0.15, 0.2) is 6.61 Å². The summed E-state index contributed by atoms with van der Waals surface area (Å²) in [5.41, 5.74) is 1.11. The van der Waals surface area contributed by atoms with Gasteiger partial charge in [-0.1, -0.05) is 61.3 Å². The average Bonchev–Trinajstić information content (AvgIpc) is 2.73. The smallest absolute Gasteiger partial charge is 0.261 e. The molecule has 6 heteroatoms. The normalized spacial score (nSPS) is 11.6. The number of halogens is 1. The van der Waals surface area contributed by atoms with Crippen LogP contribution in [0.2, 0.25) is 5.02 Å². The van der Waals surface area contributed by atoms with Crippen molar-refractivity contribution in [3.63, 3.8) is 0 Å². The molecule has 0 aromatic heterocycles. The van der Waals surface area contributed by atoms with Crippen LogP contribution in [0, 0.1) is 0 Å². The number of carbonyl (C=O) groups is 2. The Kier molecular flexibility index (Phi) is 9.51. The van der Waals surface area contributed by atoms with Crippen molar-refractivity contribution in [3.8, 4) is 5.75 Å². The fraction of sp³-hybridized carbons (Fsp3) is 0.391. The maximum Gasteiger partial charge on any atom is 0.261 e. The molecule has 2 amide bonds. The molecule has 156 valence electrons. The zero-order valence-corrected chi connectivity index (χ0v) is 17.8. The lowest BCUT2D eigenvalue weighted by Crippen LogP contribution is -2.50. The third kappa shape index (κ3) is 7.78. The van der Waals surface area contributed by atoms with Crippen LogP contribution in [0.3, 0.4) is 0 Å². The molecular formula is C23H29ClN2O3. The molecular weight excluding hydrogens is 388 g/mol. The van der Waals surface area contributed by atoms with E-state index in [0.717, 1.165) is 18.4 Å². The van der Waals surface area contributed by atoms with E-state index in [4.69, 9.17) is 16.3 Å². The van der Waals surface area contributed by atoms with Crippen LogP contribution in [0.5, 0.6) is 5.75 Å². The Balaban J connectivity index is 2.03. The molecule has 0 radical (unpaired) electrons. The van der Waals surface area contributed by atoms with E-state index in [2.05, 4.69) is 12.2 Å². The summed E-state index contributed by atoms with van der Waals surface area (Å²) in [6.45, 7) is 4.72. The minimum absolute atomic E-state index is 0.150. The summed E-state index contributed by atoms with van der Waals surface area (Å²) in [6.07, 6.45) is 2.57. The number of hydrogen-bond acceptors (Lipinski definition) is 3. The van der Waals surface area contributed by atoms with Gasteiger partial charge in [-0.3, -0.25) is 9.59 Å². The molecule has 1 N–H and O–H groups in total. The van der Waals surface area contributed by atoms with Crippen LogP contribution in [0.25, 0.3) is 0 Å². The first-order valence-electron chi connectivity index (χ1n) is 10.0. The van der Waals surface area contributed by atoms with Crippen molar-refractivity contribution in [2.75, 3.05) is 19.7 Å². The first-order chi connectivity index (χ1) is 14.0. The third-order valence-corrected chi connectivity index (χ3v) is 4.87. The molecule has 0 aliphatic heterocycles. The summed E-state index contributed by atoms with van der Waals surface area (Å²) in [6, 6.07) is 16.2. The molecule has 29 heavy (non-hydrogen) atoms. The summed E-state index contributed by atoms with van der Waals surface area (Å²) in [4.78, 5) is 27.0. The lowest BCUT2D eigenvalue weighted by Gasteiger charge is -2.28. The lowest BCUT2D eigenvalue weighted by atomic mass is 10.1. The molecule has 2 aromatic rings. The monoisotopic (exact) mass is 416 g/mol. The fourth-order valence-corrected chi connectivity index (χ4v) is 3.07. The number of rotatable bonds is 11. The quantitative estimate of drug-likeness (QED) is 0.561. The van der Waals surface area contributed by atoms with Crippen LogP contribution in [-0.2, 0) is 16.0 Å². The van der Waals surface area contributed by atoms with Crippen molar-refractivity contribution in [2.45, 2.75) is 39.2 Å². The summed E-state index contributed by atoms with van der Waals surface area (Å²) in [5, 5.41) is 3.45. The van der Waals surface area contributed by atoms with E-state index in [1.54, 1.807) is 36.1 Å². The summed E-state index contributed by atoms with van der Waals surface area (Å²) in [7, 11) is 0. The van der Waals surface area contributed by atoms with E-state index < -0.39 is 6.04 Å². The summed E-state index contributed by atoms with van der Waals surface area (Å²) < 4.78 is 5.60. The highest BCUT2D eigenvalue weighted by molar-refractivity contribution is 6.30.